The Hall–Kier alpha value is -0.120. The lowest BCUT2D eigenvalue weighted by Gasteiger charge is -2.27. The van der Waals surface area contributed by atoms with E-state index in [1.807, 2.05) is 7.05 Å². The third-order valence-electron chi connectivity index (χ3n) is 3.06. The van der Waals surface area contributed by atoms with Gasteiger partial charge in [-0.05, 0) is 46.4 Å². The molecule has 0 bridgehead atoms. The molecule has 0 aromatic heterocycles. The van der Waals surface area contributed by atoms with E-state index in [1.54, 1.807) is 7.11 Å². The molecule has 0 aliphatic heterocycles. The van der Waals surface area contributed by atoms with Gasteiger partial charge in [0.2, 0.25) is 0 Å². The summed E-state index contributed by atoms with van der Waals surface area (Å²) in [5, 5.41) is 3.19. The van der Waals surface area contributed by atoms with Crippen molar-refractivity contribution in [3.05, 3.63) is 0 Å². The van der Waals surface area contributed by atoms with Gasteiger partial charge in [-0.25, -0.2) is 0 Å². The topological polar surface area (TPSA) is 24.5 Å². The van der Waals surface area contributed by atoms with Crippen molar-refractivity contribution >= 4 is 0 Å². The van der Waals surface area contributed by atoms with Crippen molar-refractivity contribution in [1.29, 1.82) is 0 Å². The van der Waals surface area contributed by atoms with Crippen molar-refractivity contribution in [3.63, 3.8) is 0 Å². The molecule has 0 rings (SSSR count). The van der Waals surface area contributed by atoms with E-state index >= 15 is 0 Å². The fraction of sp³-hybridized carbons (Fsp3) is 1.00. The Labute approximate surface area is 102 Å². The lowest BCUT2D eigenvalue weighted by Crippen LogP contribution is -2.36. The van der Waals surface area contributed by atoms with Gasteiger partial charge in [0.15, 0.2) is 0 Å². The fourth-order valence-electron chi connectivity index (χ4n) is 2.01. The summed E-state index contributed by atoms with van der Waals surface area (Å²) in [6, 6.07) is 0.548. The zero-order chi connectivity index (χ0) is 12.2. The van der Waals surface area contributed by atoms with Gasteiger partial charge >= 0.3 is 0 Å². The van der Waals surface area contributed by atoms with Crippen molar-refractivity contribution in [2.75, 3.05) is 40.4 Å². The molecular formula is C13H30N2O. The molecule has 1 N–H and O–H groups in total. The molecule has 0 amide bonds. The average molecular weight is 230 g/mol. The van der Waals surface area contributed by atoms with Crippen molar-refractivity contribution in [2.24, 2.45) is 0 Å². The number of nitrogens with one attached hydrogen (secondary N) is 1. The Morgan fingerprint density at radius 1 is 1.19 bits per heavy atom. The van der Waals surface area contributed by atoms with Gasteiger partial charge in [0.25, 0.3) is 0 Å². The van der Waals surface area contributed by atoms with E-state index in [0.717, 1.165) is 19.7 Å². The number of nitrogens with zero attached hydrogens (tertiary/aromatic N) is 1. The molecule has 0 aliphatic carbocycles. The molecule has 0 saturated heterocycles. The second kappa shape index (κ2) is 11.4. The van der Waals surface area contributed by atoms with Crippen LogP contribution < -0.4 is 5.32 Å². The molecule has 98 valence electrons. The van der Waals surface area contributed by atoms with Crippen LogP contribution in [-0.2, 0) is 4.74 Å². The first-order valence-electron chi connectivity index (χ1n) is 6.63. The molecule has 0 aromatic rings. The van der Waals surface area contributed by atoms with Crippen LogP contribution >= 0.6 is 0 Å². The number of rotatable bonds is 11. The Kier molecular flexibility index (Phi) is 11.3. The third kappa shape index (κ3) is 8.08. The second-order valence-corrected chi connectivity index (χ2v) is 4.45. The van der Waals surface area contributed by atoms with E-state index in [9.17, 15) is 0 Å². The van der Waals surface area contributed by atoms with Gasteiger partial charge < -0.3 is 10.1 Å². The molecule has 0 radical (unpaired) electrons. The average Bonchev–Trinajstić information content (AvgIpc) is 2.28. The number of hydrogen-bond donors (Lipinski definition) is 1. The van der Waals surface area contributed by atoms with Crippen LogP contribution in [0.15, 0.2) is 0 Å². The van der Waals surface area contributed by atoms with E-state index in [2.05, 4.69) is 24.1 Å². The molecule has 1 atom stereocenters. The number of unbranched alkanes of at least 4 members (excludes halogenated alkanes) is 3. The lowest BCUT2D eigenvalue weighted by atomic mass is 10.1. The summed E-state index contributed by atoms with van der Waals surface area (Å²) in [6.45, 7) is 8.80. The maximum atomic E-state index is 5.20. The summed E-state index contributed by atoms with van der Waals surface area (Å²) in [5.41, 5.74) is 0. The number of likely N-dealkylation sites (N-methyl/N-ethyl adjacent to an activating group) is 1. The smallest absolute Gasteiger partial charge is 0.0615 e. The molecule has 0 heterocycles. The number of hydrogen-bond acceptors (Lipinski definition) is 3. The summed E-state index contributed by atoms with van der Waals surface area (Å²) in [7, 11) is 3.80. The molecule has 16 heavy (non-hydrogen) atoms. The summed E-state index contributed by atoms with van der Waals surface area (Å²) >= 11 is 0. The maximum absolute atomic E-state index is 5.20. The Bertz CT molecular complexity index is 142. The van der Waals surface area contributed by atoms with Crippen LogP contribution in [0.25, 0.3) is 0 Å². The highest BCUT2D eigenvalue weighted by Crippen LogP contribution is 2.05. The van der Waals surface area contributed by atoms with Crippen molar-refractivity contribution < 1.29 is 4.74 Å². The molecule has 0 fully saturated rings. The van der Waals surface area contributed by atoms with E-state index in [-0.39, 0.29) is 0 Å². The number of methoxy groups -OCH3 is 1. The first-order chi connectivity index (χ1) is 7.76. The van der Waals surface area contributed by atoms with E-state index in [1.165, 1.54) is 32.2 Å². The highest BCUT2D eigenvalue weighted by molar-refractivity contribution is 4.65. The first-order valence-corrected chi connectivity index (χ1v) is 6.63. The van der Waals surface area contributed by atoms with E-state index < -0.39 is 0 Å². The minimum atomic E-state index is 0.548. The molecule has 1 unspecified atom stereocenters. The molecule has 3 nitrogen and oxygen atoms in total. The predicted molar refractivity (Wildman–Crippen MR) is 71.0 cm³/mol. The van der Waals surface area contributed by atoms with Crippen LogP contribution in [0.2, 0.25) is 0 Å². The van der Waals surface area contributed by atoms with Crippen molar-refractivity contribution in [2.45, 2.75) is 45.6 Å². The maximum Gasteiger partial charge on any atom is 0.0615 e. The van der Waals surface area contributed by atoms with Gasteiger partial charge in [-0.2, -0.15) is 0 Å². The normalized spacial score (nSPS) is 13.3. The predicted octanol–water partition coefficient (Wildman–Crippen LogP) is 2.12. The Morgan fingerprint density at radius 2 is 1.88 bits per heavy atom. The van der Waals surface area contributed by atoms with Gasteiger partial charge in [-0.1, -0.05) is 19.8 Å². The zero-order valence-electron chi connectivity index (χ0n) is 11.6. The van der Waals surface area contributed by atoms with E-state index in [0.29, 0.717) is 6.04 Å². The molecule has 3 heteroatoms. The minimum Gasteiger partial charge on any atom is -0.383 e. The van der Waals surface area contributed by atoms with Gasteiger partial charge in [0.05, 0.1) is 6.61 Å². The molecule has 0 saturated carbocycles. The van der Waals surface area contributed by atoms with Crippen molar-refractivity contribution in [3.8, 4) is 0 Å². The van der Waals surface area contributed by atoms with Gasteiger partial charge in [0, 0.05) is 13.2 Å². The van der Waals surface area contributed by atoms with Gasteiger partial charge in [-0.15, -0.1) is 0 Å². The van der Waals surface area contributed by atoms with Gasteiger partial charge in [0.1, 0.15) is 0 Å². The summed E-state index contributed by atoms with van der Waals surface area (Å²) < 4.78 is 5.20. The second-order valence-electron chi connectivity index (χ2n) is 4.45. The lowest BCUT2D eigenvalue weighted by molar-refractivity contribution is 0.101. The summed E-state index contributed by atoms with van der Waals surface area (Å²) in [5.74, 6) is 0. The van der Waals surface area contributed by atoms with Crippen molar-refractivity contribution in [1.82, 2.24) is 10.2 Å². The summed E-state index contributed by atoms with van der Waals surface area (Å²) in [6.07, 6.45) is 5.30. The first kappa shape index (κ1) is 15.9. The molecule has 0 aliphatic rings. The van der Waals surface area contributed by atoms with E-state index in [4.69, 9.17) is 4.74 Å². The fourth-order valence-corrected chi connectivity index (χ4v) is 2.01. The summed E-state index contributed by atoms with van der Waals surface area (Å²) in [4.78, 5) is 2.50. The molecular weight excluding hydrogens is 200 g/mol. The monoisotopic (exact) mass is 230 g/mol. The number of ether oxygens (including phenoxy) is 1. The Balaban J connectivity index is 3.47. The quantitative estimate of drug-likeness (QED) is 0.550. The standard InChI is InChI=1S/C13H30N2O/c1-5-15(13(2)12-16-4)11-9-7-6-8-10-14-3/h13-14H,5-12H2,1-4H3. The van der Waals surface area contributed by atoms with Crippen LogP contribution in [0.4, 0.5) is 0 Å². The molecule has 0 aromatic carbocycles. The third-order valence-corrected chi connectivity index (χ3v) is 3.06. The van der Waals surface area contributed by atoms with Crippen LogP contribution in [0.5, 0.6) is 0 Å². The Morgan fingerprint density at radius 3 is 2.44 bits per heavy atom. The zero-order valence-corrected chi connectivity index (χ0v) is 11.6. The molecule has 0 spiro atoms. The largest absolute Gasteiger partial charge is 0.383 e. The van der Waals surface area contributed by atoms with Crippen LogP contribution in [0.1, 0.15) is 39.5 Å². The van der Waals surface area contributed by atoms with Crippen LogP contribution in [0.3, 0.4) is 0 Å². The van der Waals surface area contributed by atoms with Crippen LogP contribution in [-0.4, -0.2) is 51.3 Å². The van der Waals surface area contributed by atoms with Crippen LogP contribution in [0, 0.1) is 0 Å². The highest BCUT2D eigenvalue weighted by atomic mass is 16.5. The minimum absolute atomic E-state index is 0.548. The highest BCUT2D eigenvalue weighted by Gasteiger charge is 2.10. The SMILES string of the molecule is CCN(CCCCCCNC)C(C)COC. The van der Waals surface area contributed by atoms with Gasteiger partial charge in [-0.3, -0.25) is 4.90 Å².